The van der Waals surface area contributed by atoms with Gasteiger partial charge in [0.05, 0.1) is 6.61 Å². The molecule has 0 aliphatic carbocycles. The van der Waals surface area contributed by atoms with Gasteiger partial charge >= 0.3 is 0 Å². The van der Waals surface area contributed by atoms with Crippen molar-refractivity contribution in [2.24, 2.45) is 5.84 Å². The Morgan fingerprint density at radius 3 is 2.56 bits per heavy atom. The zero-order chi connectivity index (χ0) is 12.0. The lowest BCUT2D eigenvalue weighted by molar-refractivity contribution is 0.0953. The number of rotatable bonds is 5. The molecule has 0 aromatic heterocycles. The summed E-state index contributed by atoms with van der Waals surface area (Å²) in [6, 6.07) is 7.20. The molecule has 5 heteroatoms. The predicted octanol–water partition coefficient (Wildman–Crippen LogP) is -0.286. The Hall–Kier alpha value is -1.43. The summed E-state index contributed by atoms with van der Waals surface area (Å²) in [5.74, 6) is 4.73. The summed E-state index contributed by atoms with van der Waals surface area (Å²) in [6.45, 7) is 1.51. The van der Waals surface area contributed by atoms with E-state index in [2.05, 4.69) is 5.43 Å². The maximum atomic E-state index is 11.2. The molecule has 0 fully saturated rings. The zero-order valence-corrected chi connectivity index (χ0v) is 9.31. The van der Waals surface area contributed by atoms with E-state index >= 15 is 0 Å². The molecule has 1 aromatic rings. The Labute approximate surface area is 94.8 Å². The van der Waals surface area contributed by atoms with Gasteiger partial charge in [0.1, 0.15) is 0 Å². The number of nitrogens with one attached hydrogen (secondary N) is 1. The number of carbonyl (C=O) groups is 1. The Kier molecular flexibility index (Phi) is 4.91. The van der Waals surface area contributed by atoms with Gasteiger partial charge in [0.2, 0.25) is 0 Å². The first kappa shape index (κ1) is 12.6. The fraction of sp³-hybridized carbons (Fsp3) is 0.364. The molecule has 0 heterocycles. The van der Waals surface area contributed by atoms with Crippen LogP contribution in [0.1, 0.15) is 15.9 Å². The van der Waals surface area contributed by atoms with Gasteiger partial charge in [0.25, 0.3) is 5.91 Å². The van der Waals surface area contributed by atoms with Crippen LogP contribution < -0.4 is 11.3 Å². The number of carbonyl (C=O) groups excluding carboxylic acids is 1. The second kappa shape index (κ2) is 6.22. The van der Waals surface area contributed by atoms with Gasteiger partial charge in [0, 0.05) is 18.7 Å². The highest BCUT2D eigenvalue weighted by atomic mass is 16.3. The first-order valence-electron chi connectivity index (χ1n) is 5.06. The van der Waals surface area contributed by atoms with Crippen molar-refractivity contribution in [3.63, 3.8) is 0 Å². The van der Waals surface area contributed by atoms with Crippen molar-refractivity contribution >= 4 is 5.91 Å². The number of hydrazine groups is 1. The molecule has 1 rings (SSSR count). The summed E-state index contributed by atoms with van der Waals surface area (Å²) >= 11 is 0. The van der Waals surface area contributed by atoms with E-state index in [1.807, 2.05) is 24.1 Å². The highest BCUT2D eigenvalue weighted by Gasteiger charge is 2.03. The Bertz CT molecular complexity index is 338. The molecule has 0 aliphatic heterocycles. The van der Waals surface area contributed by atoms with Crippen LogP contribution in [0, 0.1) is 0 Å². The van der Waals surface area contributed by atoms with Gasteiger partial charge in [-0.2, -0.15) is 0 Å². The molecule has 0 atom stereocenters. The van der Waals surface area contributed by atoms with E-state index in [-0.39, 0.29) is 12.5 Å². The van der Waals surface area contributed by atoms with E-state index in [9.17, 15) is 4.79 Å². The van der Waals surface area contributed by atoms with Crippen LogP contribution in [0.5, 0.6) is 0 Å². The number of nitrogens with zero attached hydrogens (tertiary/aromatic N) is 1. The van der Waals surface area contributed by atoms with Crippen LogP contribution in [-0.4, -0.2) is 36.1 Å². The minimum Gasteiger partial charge on any atom is -0.395 e. The first-order valence-corrected chi connectivity index (χ1v) is 5.06. The van der Waals surface area contributed by atoms with Crippen LogP contribution in [0.4, 0.5) is 0 Å². The number of hydrogen-bond donors (Lipinski definition) is 3. The molecule has 1 aromatic carbocycles. The second-order valence-electron chi connectivity index (χ2n) is 3.63. The molecule has 5 nitrogen and oxygen atoms in total. The van der Waals surface area contributed by atoms with Crippen molar-refractivity contribution in [3.8, 4) is 0 Å². The Morgan fingerprint density at radius 1 is 1.44 bits per heavy atom. The van der Waals surface area contributed by atoms with E-state index in [1.54, 1.807) is 12.1 Å². The molecule has 0 saturated heterocycles. The standard InChI is InChI=1S/C11H17N3O2/c1-14(6-7-15)8-9-2-4-10(5-3-9)11(16)13-12/h2-5,15H,6-8,12H2,1H3,(H,13,16). The molecule has 0 unspecified atom stereocenters. The summed E-state index contributed by atoms with van der Waals surface area (Å²) in [5.41, 5.74) is 3.70. The maximum Gasteiger partial charge on any atom is 0.265 e. The van der Waals surface area contributed by atoms with Crippen molar-refractivity contribution in [2.45, 2.75) is 6.54 Å². The maximum absolute atomic E-state index is 11.2. The third-order valence-corrected chi connectivity index (χ3v) is 2.28. The summed E-state index contributed by atoms with van der Waals surface area (Å²) < 4.78 is 0. The summed E-state index contributed by atoms with van der Waals surface area (Å²) in [4.78, 5) is 13.2. The van der Waals surface area contributed by atoms with E-state index in [1.165, 1.54) is 0 Å². The molecule has 4 N–H and O–H groups in total. The Balaban J connectivity index is 2.61. The molecule has 88 valence electrons. The SMILES string of the molecule is CN(CCO)Cc1ccc(C(=O)NN)cc1. The molecular weight excluding hydrogens is 206 g/mol. The smallest absolute Gasteiger partial charge is 0.265 e. The topological polar surface area (TPSA) is 78.6 Å². The van der Waals surface area contributed by atoms with Crippen LogP contribution in [-0.2, 0) is 6.54 Å². The van der Waals surface area contributed by atoms with Crippen molar-refractivity contribution in [2.75, 3.05) is 20.2 Å². The highest BCUT2D eigenvalue weighted by Crippen LogP contribution is 2.06. The number of amides is 1. The molecule has 0 radical (unpaired) electrons. The third kappa shape index (κ3) is 3.62. The van der Waals surface area contributed by atoms with Crippen LogP contribution in [0.2, 0.25) is 0 Å². The molecule has 0 bridgehead atoms. The van der Waals surface area contributed by atoms with Crippen molar-refractivity contribution in [1.29, 1.82) is 0 Å². The molecule has 0 saturated carbocycles. The zero-order valence-electron chi connectivity index (χ0n) is 9.31. The molecule has 1 amide bonds. The minimum absolute atomic E-state index is 0.143. The van der Waals surface area contributed by atoms with Crippen LogP contribution in [0.25, 0.3) is 0 Å². The highest BCUT2D eigenvalue weighted by molar-refractivity contribution is 5.93. The number of likely N-dealkylation sites (N-methyl/N-ethyl adjacent to an activating group) is 1. The fourth-order valence-electron chi connectivity index (χ4n) is 1.41. The quantitative estimate of drug-likeness (QED) is 0.364. The van der Waals surface area contributed by atoms with E-state index in [0.717, 1.165) is 12.1 Å². The number of nitrogen functional groups attached to an aromatic ring is 1. The van der Waals surface area contributed by atoms with Crippen LogP contribution in [0.3, 0.4) is 0 Å². The van der Waals surface area contributed by atoms with Gasteiger partial charge in [-0.1, -0.05) is 12.1 Å². The van der Waals surface area contributed by atoms with Gasteiger partial charge in [-0.25, -0.2) is 5.84 Å². The van der Waals surface area contributed by atoms with Gasteiger partial charge in [-0.15, -0.1) is 0 Å². The van der Waals surface area contributed by atoms with E-state index < -0.39 is 0 Å². The fourth-order valence-corrected chi connectivity index (χ4v) is 1.41. The average molecular weight is 223 g/mol. The average Bonchev–Trinajstić information content (AvgIpc) is 2.29. The largest absolute Gasteiger partial charge is 0.395 e. The third-order valence-electron chi connectivity index (χ3n) is 2.28. The predicted molar refractivity (Wildman–Crippen MR) is 61.5 cm³/mol. The van der Waals surface area contributed by atoms with Crippen LogP contribution in [0.15, 0.2) is 24.3 Å². The lowest BCUT2D eigenvalue weighted by Crippen LogP contribution is -2.29. The number of benzene rings is 1. The van der Waals surface area contributed by atoms with Gasteiger partial charge in [-0.3, -0.25) is 15.1 Å². The summed E-state index contributed by atoms with van der Waals surface area (Å²) in [7, 11) is 1.93. The lowest BCUT2D eigenvalue weighted by Gasteiger charge is -2.14. The monoisotopic (exact) mass is 223 g/mol. The lowest BCUT2D eigenvalue weighted by atomic mass is 10.1. The number of aliphatic hydroxyl groups is 1. The number of nitrogens with two attached hydrogens (primary N) is 1. The second-order valence-corrected chi connectivity index (χ2v) is 3.63. The molecule has 16 heavy (non-hydrogen) atoms. The van der Waals surface area contributed by atoms with E-state index in [0.29, 0.717) is 12.1 Å². The molecule has 0 spiro atoms. The minimum atomic E-state index is -0.296. The van der Waals surface area contributed by atoms with Crippen molar-refractivity contribution in [1.82, 2.24) is 10.3 Å². The normalized spacial score (nSPS) is 10.5. The van der Waals surface area contributed by atoms with Crippen LogP contribution >= 0.6 is 0 Å². The van der Waals surface area contributed by atoms with Gasteiger partial charge < -0.3 is 5.11 Å². The number of aliphatic hydroxyl groups excluding tert-OH is 1. The summed E-state index contributed by atoms with van der Waals surface area (Å²) in [6.07, 6.45) is 0. The number of hydrogen-bond acceptors (Lipinski definition) is 4. The molecular formula is C11H17N3O2. The van der Waals surface area contributed by atoms with Gasteiger partial charge in [0.15, 0.2) is 0 Å². The summed E-state index contributed by atoms with van der Waals surface area (Å²) in [5, 5.41) is 8.76. The van der Waals surface area contributed by atoms with E-state index in [4.69, 9.17) is 10.9 Å². The van der Waals surface area contributed by atoms with Crippen molar-refractivity contribution in [3.05, 3.63) is 35.4 Å². The first-order chi connectivity index (χ1) is 7.67. The molecule has 0 aliphatic rings. The Morgan fingerprint density at radius 2 is 2.06 bits per heavy atom. The van der Waals surface area contributed by atoms with Crippen molar-refractivity contribution < 1.29 is 9.90 Å². The van der Waals surface area contributed by atoms with Gasteiger partial charge in [-0.05, 0) is 24.7 Å².